The van der Waals surface area contributed by atoms with Gasteiger partial charge in [-0.15, -0.1) is 0 Å². The van der Waals surface area contributed by atoms with Gasteiger partial charge in [-0.3, -0.25) is 4.79 Å². The Morgan fingerprint density at radius 1 is 1.05 bits per heavy atom. The highest BCUT2D eigenvalue weighted by molar-refractivity contribution is 5.73. The molecule has 0 aromatic heterocycles. The molecule has 1 aromatic carbocycles. The van der Waals surface area contributed by atoms with Crippen molar-refractivity contribution in [3.63, 3.8) is 0 Å². The van der Waals surface area contributed by atoms with Crippen molar-refractivity contribution in [2.75, 3.05) is 0 Å². The van der Waals surface area contributed by atoms with Crippen LogP contribution in [0.1, 0.15) is 85.3 Å². The van der Waals surface area contributed by atoms with Crippen LogP contribution in [0.2, 0.25) is 0 Å². The van der Waals surface area contributed by atoms with Crippen molar-refractivity contribution in [3.8, 4) is 0 Å². The predicted molar refractivity (Wildman–Crippen MR) is 95.6 cm³/mol. The number of aliphatic carboxylic acids is 1. The highest BCUT2D eigenvalue weighted by Crippen LogP contribution is 2.25. The standard InChI is InChI=1S/C14H22.C6H12O2/c1-6-11(2)12-7-9-13(10-8-12)14(3,4)5;1-4-6(2,3)5(7)8/h7-11H,6H2,1-5H3;4H2,1-3H3,(H,7,8). The molecule has 0 bridgehead atoms. The minimum Gasteiger partial charge on any atom is -0.481 e. The number of carboxylic acid groups (broad SMARTS) is 1. The van der Waals surface area contributed by atoms with Crippen LogP contribution < -0.4 is 0 Å². The Morgan fingerprint density at radius 2 is 1.50 bits per heavy atom. The maximum atomic E-state index is 10.3. The molecule has 0 saturated carbocycles. The lowest BCUT2D eigenvalue weighted by molar-refractivity contribution is -0.147. The zero-order valence-electron chi connectivity index (χ0n) is 15.7. The van der Waals surface area contributed by atoms with Gasteiger partial charge in [0.1, 0.15) is 0 Å². The first-order valence-corrected chi connectivity index (χ1v) is 8.29. The third-order valence-corrected chi connectivity index (χ3v) is 4.42. The van der Waals surface area contributed by atoms with Gasteiger partial charge in [0, 0.05) is 0 Å². The number of carbonyl (C=O) groups is 1. The van der Waals surface area contributed by atoms with Crippen LogP contribution in [0, 0.1) is 5.41 Å². The van der Waals surface area contributed by atoms with Gasteiger partial charge < -0.3 is 5.11 Å². The van der Waals surface area contributed by atoms with Gasteiger partial charge in [-0.25, -0.2) is 0 Å². The lowest BCUT2D eigenvalue weighted by Crippen LogP contribution is -2.21. The van der Waals surface area contributed by atoms with Crippen LogP contribution in [0.15, 0.2) is 24.3 Å². The van der Waals surface area contributed by atoms with Crippen molar-refractivity contribution >= 4 is 5.97 Å². The summed E-state index contributed by atoms with van der Waals surface area (Å²) in [7, 11) is 0. The summed E-state index contributed by atoms with van der Waals surface area (Å²) in [5, 5.41) is 8.44. The Balaban J connectivity index is 0.000000472. The first kappa shape index (κ1) is 20.7. The maximum Gasteiger partial charge on any atom is 0.309 e. The Labute approximate surface area is 137 Å². The molecule has 0 aliphatic rings. The summed E-state index contributed by atoms with van der Waals surface area (Å²) in [6.45, 7) is 16.6. The van der Waals surface area contributed by atoms with Crippen LogP contribution in [-0.2, 0) is 10.2 Å². The lowest BCUT2D eigenvalue weighted by Gasteiger charge is -2.20. The van der Waals surface area contributed by atoms with Gasteiger partial charge in [-0.1, -0.05) is 65.8 Å². The molecule has 0 fully saturated rings. The topological polar surface area (TPSA) is 37.3 Å². The Kier molecular flexibility index (Phi) is 7.86. The maximum absolute atomic E-state index is 10.3. The molecule has 1 N–H and O–H groups in total. The highest BCUT2D eigenvalue weighted by atomic mass is 16.4. The first-order valence-electron chi connectivity index (χ1n) is 8.29. The van der Waals surface area contributed by atoms with E-state index in [0.717, 1.165) is 0 Å². The third-order valence-electron chi connectivity index (χ3n) is 4.42. The molecule has 0 radical (unpaired) electrons. The van der Waals surface area contributed by atoms with E-state index >= 15 is 0 Å². The van der Waals surface area contributed by atoms with Crippen LogP contribution in [0.3, 0.4) is 0 Å². The van der Waals surface area contributed by atoms with Gasteiger partial charge in [0.15, 0.2) is 0 Å². The van der Waals surface area contributed by atoms with E-state index in [9.17, 15) is 4.79 Å². The van der Waals surface area contributed by atoms with Gasteiger partial charge in [-0.05, 0) is 49.1 Å². The zero-order valence-corrected chi connectivity index (χ0v) is 15.7. The molecule has 2 heteroatoms. The molecule has 0 aliphatic carbocycles. The number of benzene rings is 1. The number of hydrogen-bond acceptors (Lipinski definition) is 1. The summed E-state index contributed by atoms with van der Waals surface area (Å²) in [5.41, 5.74) is 2.61. The molecule has 1 rings (SSSR count). The minimum absolute atomic E-state index is 0.272. The summed E-state index contributed by atoms with van der Waals surface area (Å²) >= 11 is 0. The van der Waals surface area contributed by atoms with E-state index in [4.69, 9.17) is 5.11 Å². The zero-order chi connectivity index (χ0) is 17.6. The van der Waals surface area contributed by atoms with E-state index in [1.54, 1.807) is 13.8 Å². The molecule has 0 aliphatic heterocycles. The molecule has 0 amide bonds. The van der Waals surface area contributed by atoms with E-state index < -0.39 is 11.4 Å². The Bertz CT molecular complexity index is 450. The van der Waals surface area contributed by atoms with Crippen molar-refractivity contribution in [2.45, 2.75) is 79.6 Å². The van der Waals surface area contributed by atoms with Gasteiger partial charge in [0.25, 0.3) is 0 Å². The average Bonchev–Trinajstić information content (AvgIpc) is 2.46. The molecule has 1 aromatic rings. The summed E-state index contributed by atoms with van der Waals surface area (Å²) in [5.74, 6) is -0.0379. The average molecular weight is 306 g/mol. The predicted octanol–water partition coefficient (Wildman–Crippen LogP) is 6.00. The summed E-state index contributed by atoms with van der Waals surface area (Å²) in [6, 6.07) is 9.08. The molecule has 22 heavy (non-hydrogen) atoms. The second-order valence-corrected chi connectivity index (χ2v) is 7.72. The van der Waals surface area contributed by atoms with Gasteiger partial charge in [-0.2, -0.15) is 0 Å². The third kappa shape index (κ3) is 6.64. The lowest BCUT2D eigenvalue weighted by atomic mass is 9.85. The van der Waals surface area contributed by atoms with Crippen LogP contribution in [-0.4, -0.2) is 11.1 Å². The summed E-state index contributed by atoms with van der Waals surface area (Å²) < 4.78 is 0. The van der Waals surface area contributed by atoms with Crippen LogP contribution >= 0.6 is 0 Å². The second kappa shape index (κ2) is 8.36. The fraction of sp³-hybridized carbons (Fsp3) is 0.650. The van der Waals surface area contributed by atoms with E-state index in [1.807, 2.05) is 6.92 Å². The van der Waals surface area contributed by atoms with Crippen molar-refractivity contribution in [1.29, 1.82) is 0 Å². The summed E-state index contributed by atoms with van der Waals surface area (Å²) in [4.78, 5) is 10.3. The SMILES string of the molecule is CCC(C)(C)C(=O)O.CCC(C)c1ccc(C(C)(C)C)cc1. The normalized spacial score (nSPS) is 13.1. The minimum atomic E-state index is -0.722. The van der Waals surface area contributed by atoms with Gasteiger partial charge in [0.05, 0.1) is 5.41 Å². The number of carboxylic acids is 1. The first-order chi connectivity index (χ1) is 9.95. The van der Waals surface area contributed by atoms with Crippen molar-refractivity contribution in [1.82, 2.24) is 0 Å². The smallest absolute Gasteiger partial charge is 0.309 e. The van der Waals surface area contributed by atoms with E-state index in [0.29, 0.717) is 12.3 Å². The molecule has 2 nitrogen and oxygen atoms in total. The van der Waals surface area contributed by atoms with E-state index in [-0.39, 0.29) is 5.41 Å². The quantitative estimate of drug-likeness (QED) is 0.740. The van der Waals surface area contributed by atoms with E-state index in [2.05, 4.69) is 58.9 Å². The largest absolute Gasteiger partial charge is 0.481 e. The fourth-order valence-corrected chi connectivity index (χ4v) is 1.70. The van der Waals surface area contributed by atoms with E-state index in [1.165, 1.54) is 17.5 Å². The van der Waals surface area contributed by atoms with Crippen LogP contribution in [0.4, 0.5) is 0 Å². The number of hydrogen-bond donors (Lipinski definition) is 1. The Morgan fingerprint density at radius 3 is 1.73 bits per heavy atom. The molecular formula is C20H34O2. The monoisotopic (exact) mass is 306 g/mol. The van der Waals surface area contributed by atoms with Crippen LogP contribution in [0.5, 0.6) is 0 Å². The molecule has 0 heterocycles. The molecule has 1 atom stereocenters. The molecular weight excluding hydrogens is 272 g/mol. The van der Waals surface area contributed by atoms with Gasteiger partial charge in [0.2, 0.25) is 0 Å². The number of rotatable bonds is 4. The van der Waals surface area contributed by atoms with Crippen molar-refractivity contribution in [3.05, 3.63) is 35.4 Å². The van der Waals surface area contributed by atoms with Crippen molar-refractivity contribution < 1.29 is 9.90 Å². The molecule has 1 unspecified atom stereocenters. The van der Waals surface area contributed by atoms with Crippen LogP contribution in [0.25, 0.3) is 0 Å². The highest BCUT2D eigenvalue weighted by Gasteiger charge is 2.23. The second-order valence-electron chi connectivity index (χ2n) is 7.72. The molecule has 0 saturated heterocycles. The van der Waals surface area contributed by atoms with Crippen molar-refractivity contribution in [2.24, 2.45) is 5.41 Å². The Hall–Kier alpha value is -1.31. The molecule has 0 spiro atoms. The summed E-state index contributed by atoms with van der Waals surface area (Å²) in [6.07, 6.45) is 1.90. The molecule has 126 valence electrons. The van der Waals surface area contributed by atoms with Gasteiger partial charge >= 0.3 is 5.97 Å². The fourth-order valence-electron chi connectivity index (χ4n) is 1.70.